The molecule has 22 heavy (non-hydrogen) atoms. The van der Waals surface area contributed by atoms with Crippen LogP contribution in [0, 0.1) is 12.7 Å². The Morgan fingerprint density at radius 2 is 1.91 bits per heavy atom. The number of hydrogen-bond acceptors (Lipinski definition) is 4. The van der Waals surface area contributed by atoms with E-state index in [0.717, 1.165) is 5.69 Å². The van der Waals surface area contributed by atoms with E-state index >= 15 is 0 Å². The minimum absolute atomic E-state index is 0.130. The summed E-state index contributed by atoms with van der Waals surface area (Å²) in [5.41, 5.74) is 1.50. The fourth-order valence-corrected chi connectivity index (χ4v) is 2.08. The third kappa shape index (κ3) is 2.44. The first kappa shape index (κ1) is 13.9. The molecule has 7 heteroatoms. The monoisotopic (exact) mass is 298 g/mol. The van der Waals surface area contributed by atoms with Gasteiger partial charge in [-0.15, -0.1) is 10.2 Å². The van der Waals surface area contributed by atoms with Crippen LogP contribution in [0.1, 0.15) is 16.2 Å². The van der Waals surface area contributed by atoms with Gasteiger partial charge in [0.25, 0.3) is 0 Å². The lowest BCUT2D eigenvalue weighted by atomic mass is 10.3. The van der Waals surface area contributed by atoms with E-state index in [2.05, 4.69) is 15.2 Å². The molecule has 6 nitrogen and oxygen atoms in total. The number of carboxylic acid groups (broad SMARTS) is 1. The predicted octanol–water partition coefficient (Wildman–Crippen LogP) is 3.90. The molecule has 0 spiro atoms. The topological polar surface area (TPSA) is 79.3 Å². The lowest BCUT2D eigenvalue weighted by molar-refractivity contribution is 0.0692. The number of fused-ring (bicyclic) bond motifs is 1. The maximum Gasteiger partial charge on any atom is 0.358 e. The molecule has 3 rings (SSSR count). The van der Waals surface area contributed by atoms with Crippen LogP contribution in [-0.2, 0) is 0 Å². The highest BCUT2D eigenvalue weighted by Gasteiger charge is 2.19. The molecular weight excluding hydrogens is 287 g/mol. The number of imidazole rings is 1. The predicted molar refractivity (Wildman–Crippen MR) is 77.5 cm³/mol. The van der Waals surface area contributed by atoms with Crippen molar-refractivity contribution in [2.75, 3.05) is 0 Å². The van der Waals surface area contributed by atoms with Crippen LogP contribution in [0.4, 0.5) is 15.9 Å². The van der Waals surface area contributed by atoms with Gasteiger partial charge in [0.1, 0.15) is 11.5 Å². The number of aromatic nitrogens is 2. The summed E-state index contributed by atoms with van der Waals surface area (Å²) >= 11 is 0. The first-order valence-corrected chi connectivity index (χ1v) is 6.45. The Balaban J connectivity index is 2.14. The van der Waals surface area contributed by atoms with Gasteiger partial charge in [-0.3, -0.25) is 4.40 Å². The van der Waals surface area contributed by atoms with Crippen LogP contribution >= 0.6 is 0 Å². The molecule has 1 aromatic carbocycles. The summed E-state index contributed by atoms with van der Waals surface area (Å²) in [4.78, 5) is 15.4. The number of pyridine rings is 1. The summed E-state index contributed by atoms with van der Waals surface area (Å²) in [5.74, 6) is -1.43. The van der Waals surface area contributed by atoms with Crippen molar-refractivity contribution in [3.8, 4) is 0 Å². The Kier molecular flexibility index (Phi) is 3.38. The van der Waals surface area contributed by atoms with Gasteiger partial charge >= 0.3 is 5.97 Å². The third-order valence-electron chi connectivity index (χ3n) is 3.10. The summed E-state index contributed by atoms with van der Waals surface area (Å²) in [5, 5.41) is 17.2. The third-order valence-corrected chi connectivity index (χ3v) is 3.10. The number of nitrogens with zero attached hydrogens (tertiary/aromatic N) is 4. The van der Waals surface area contributed by atoms with E-state index in [1.54, 1.807) is 16.5 Å². The van der Waals surface area contributed by atoms with E-state index in [1.807, 2.05) is 13.0 Å². The van der Waals surface area contributed by atoms with Crippen LogP contribution in [0.5, 0.6) is 0 Å². The average molecular weight is 298 g/mol. The van der Waals surface area contributed by atoms with Crippen molar-refractivity contribution in [2.45, 2.75) is 6.92 Å². The number of halogens is 1. The minimum Gasteiger partial charge on any atom is -0.476 e. The summed E-state index contributed by atoms with van der Waals surface area (Å²) in [7, 11) is 0. The molecule has 0 fully saturated rings. The van der Waals surface area contributed by atoms with Crippen molar-refractivity contribution in [3.05, 3.63) is 59.7 Å². The number of aryl methyl sites for hydroxylation is 1. The Morgan fingerprint density at radius 3 is 2.59 bits per heavy atom. The smallest absolute Gasteiger partial charge is 0.358 e. The summed E-state index contributed by atoms with van der Waals surface area (Å²) in [6.45, 7) is 1.82. The second-order valence-corrected chi connectivity index (χ2v) is 4.63. The van der Waals surface area contributed by atoms with Crippen LogP contribution < -0.4 is 0 Å². The standard InChI is InChI=1S/C15H11FN4O2/c1-9-3-2-4-12-17-13(15(21)22)14(20(9)12)19-18-11-7-5-10(16)6-8-11/h2-8H,1H3,(H,21,22). The van der Waals surface area contributed by atoms with Crippen LogP contribution in [0.25, 0.3) is 5.65 Å². The number of aromatic carboxylic acids is 1. The normalized spacial score (nSPS) is 11.4. The molecule has 0 saturated heterocycles. The van der Waals surface area contributed by atoms with Gasteiger partial charge in [-0.25, -0.2) is 14.2 Å². The van der Waals surface area contributed by atoms with E-state index in [-0.39, 0.29) is 17.3 Å². The zero-order chi connectivity index (χ0) is 15.7. The average Bonchev–Trinajstić information content (AvgIpc) is 2.87. The highest BCUT2D eigenvalue weighted by molar-refractivity contribution is 5.91. The summed E-state index contributed by atoms with van der Waals surface area (Å²) in [6, 6.07) is 10.7. The van der Waals surface area contributed by atoms with Crippen molar-refractivity contribution < 1.29 is 14.3 Å². The van der Waals surface area contributed by atoms with Crippen molar-refractivity contribution >= 4 is 23.1 Å². The van der Waals surface area contributed by atoms with Gasteiger partial charge in [0.15, 0.2) is 11.5 Å². The molecule has 2 aromatic heterocycles. The maximum atomic E-state index is 12.9. The van der Waals surface area contributed by atoms with Crippen molar-refractivity contribution in [1.82, 2.24) is 9.38 Å². The van der Waals surface area contributed by atoms with E-state index in [4.69, 9.17) is 0 Å². The van der Waals surface area contributed by atoms with Crippen molar-refractivity contribution in [1.29, 1.82) is 0 Å². The van der Waals surface area contributed by atoms with Crippen LogP contribution in [0.2, 0.25) is 0 Å². The molecule has 0 amide bonds. The molecule has 0 atom stereocenters. The van der Waals surface area contributed by atoms with E-state index in [0.29, 0.717) is 11.3 Å². The zero-order valence-electron chi connectivity index (χ0n) is 11.6. The van der Waals surface area contributed by atoms with Gasteiger partial charge in [0, 0.05) is 5.69 Å². The summed E-state index contributed by atoms with van der Waals surface area (Å²) < 4.78 is 14.5. The SMILES string of the molecule is Cc1cccc2nc(C(=O)O)c(N=Nc3ccc(F)cc3)n12. The molecule has 0 saturated carbocycles. The summed E-state index contributed by atoms with van der Waals surface area (Å²) in [6.07, 6.45) is 0. The number of carboxylic acids is 1. The Morgan fingerprint density at radius 1 is 1.18 bits per heavy atom. The molecule has 0 unspecified atom stereocenters. The Hall–Kier alpha value is -3.09. The van der Waals surface area contributed by atoms with Crippen LogP contribution in [0.15, 0.2) is 52.7 Å². The fraction of sp³-hybridized carbons (Fsp3) is 0.0667. The molecule has 0 aliphatic carbocycles. The van der Waals surface area contributed by atoms with Crippen molar-refractivity contribution in [3.63, 3.8) is 0 Å². The highest BCUT2D eigenvalue weighted by Crippen LogP contribution is 2.25. The van der Waals surface area contributed by atoms with E-state index in [1.165, 1.54) is 24.3 Å². The van der Waals surface area contributed by atoms with Gasteiger partial charge in [0.05, 0.1) is 5.69 Å². The second kappa shape index (κ2) is 5.36. The Bertz CT molecular complexity index is 884. The van der Waals surface area contributed by atoms with Crippen LogP contribution in [0.3, 0.4) is 0 Å². The molecule has 0 aliphatic rings. The number of hydrogen-bond donors (Lipinski definition) is 1. The quantitative estimate of drug-likeness (QED) is 0.745. The van der Waals surface area contributed by atoms with Crippen LogP contribution in [-0.4, -0.2) is 20.5 Å². The van der Waals surface area contributed by atoms with Gasteiger partial charge in [0.2, 0.25) is 0 Å². The lowest BCUT2D eigenvalue weighted by Gasteiger charge is -2.00. The number of azo groups is 1. The second-order valence-electron chi connectivity index (χ2n) is 4.63. The van der Waals surface area contributed by atoms with Gasteiger partial charge in [-0.05, 0) is 43.3 Å². The molecular formula is C15H11FN4O2. The Labute approximate surface area is 124 Å². The number of rotatable bonds is 3. The van der Waals surface area contributed by atoms with E-state index in [9.17, 15) is 14.3 Å². The molecule has 3 aromatic rings. The first-order chi connectivity index (χ1) is 10.6. The largest absolute Gasteiger partial charge is 0.476 e. The zero-order valence-corrected chi connectivity index (χ0v) is 11.6. The van der Waals surface area contributed by atoms with Gasteiger partial charge in [-0.1, -0.05) is 6.07 Å². The van der Waals surface area contributed by atoms with E-state index < -0.39 is 5.97 Å². The molecule has 0 aliphatic heterocycles. The molecule has 1 N–H and O–H groups in total. The molecule has 0 radical (unpaired) electrons. The minimum atomic E-state index is -1.18. The number of carbonyl (C=O) groups is 1. The highest BCUT2D eigenvalue weighted by atomic mass is 19.1. The fourth-order valence-electron chi connectivity index (χ4n) is 2.08. The van der Waals surface area contributed by atoms with Gasteiger partial charge in [-0.2, -0.15) is 0 Å². The van der Waals surface area contributed by atoms with Gasteiger partial charge < -0.3 is 5.11 Å². The molecule has 2 heterocycles. The molecule has 0 bridgehead atoms. The molecule has 110 valence electrons. The maximum absolute atomic E-state index is 12.9. The number of benzene rings is 1. The first-order valence-electron chi connectivity index (χ1n) is 6.45. The van der Waals surface area contributed by atoms with Crippen molar-refractivity contribution in [2.24, 2.45) is 10.2 Å². The lowest BCUT2D eigenvalue weighted by Crippen LogP contribution is -1.97.